The minimum absolute atomic E-state index is 0.175. The number of hydrogen-bond donors (Lipinski definition) is 2. The molecule has 0 bridgehead atoms. The van der Waals surface area contributed by atoms with Crippen molar-refractivity contribution in [3.05, 3.63) is 46.3 Å². The molecule has 0 spiro atoms. The number of H-pyrrole nitrogens is 1. The van der Waals surface area contributed by atoms with Crippen molar-refractivity contribution in [2.45, 2.75) is 13.0 Å². The maximum atomic E-state index is 12.1. The van der Waals surface area contributed by atoms with Crippen molar-refractivity contribution in [3.8, 4) is 0 Å². The Morgan fingerprint density at radius 1 is 1.46 bits per heavy atom. The molecule has 2 N–H and O–H groups in total. The Kier molecular flexibility index (Phi) is 4.43. The third-order valence-electron chi connectivity index (χ3n) is 3.77. The Morgan fingerprint density at radius 3 is 2.88 bits per heavy atom. The van der Waals surface area contributed by atoms with Crippen molar-refractivity contribution in [3.63, 3.8) is 0 Å². The van der Waals surface area contributed by atoms with E-state index in [2.05, 4.69) is 20.4 Å². The number of nitrogens with zero attached hydrogens (tertiary/aromatic N) is 3. The maximum Gasteiger partial charge on any atom is 0.319 e. The van der Waals surface area contributed by atoms with Crippen LogP contribution in [0.4, 0.5) is 17.1 Å². The van der Waals surface area contributed by atoms with Gasteiger partial charge in [-0.05, 0) is 31.2 Å². The highest BCUT2D eigenvalue weighted by atomic mass is 16.6. The Labute approximate surface area is 137 Å². The molecule has 1 fully saturated rings. The van der Waals surface area contributed by atoms with Crippen LogP contribution in [-0.2, 0) is 4.74 Å². The smallest absolute Gasteiger partial charge is 0.319 e. The van der Waals surface area contributed by atoms with E-state index in [1.165, 1.54) is 0 Å². The molecule has 1 aromatic carbocycles. The molecule has 1 amide bonds. The van der Waals surface area contributed by atoms with Gasteiger partial charge < -0.3 is 15.0 Å². The second-order valence-electron chi connectivity index (χ2n) is 5.52. The van der Waals surface area contributed by atoms with Gasteiger partial charge in [-0.3, -0.25) is 20.0 Å². The van der Waals surface area contributed by atoms with E-state index in [1.807, 2.05) is 19.1 Å². The van der Waals surface area contributed by atoms with Crippen molar-refractivity contribution < 1.29 is 14.5 Å². The number of aromatic amines is 1. The topological polar surface area (TPSA) is 113 Å². The van der Waals surface area contributed by atoms with Gasteiger partial charge in [0.05, 0.1) is 17.6 Å². The number of hydrogen-bond acceptors (Lipinski definition) is 6. The van der Waals surface area contributed by atoms with Gasteiger partial charge >= 0.3 is 5.69 Å². The van der Waals surface area contributed by atoms with E-state index in [-0.39, 0.29) is 17.5 Å². The summed E-state index contributed by atoms with van der Waals surface area (Å²) in [4.78, 5) is 24.5. The predicted molar refractivity (Wildman–Crippen MR) is 87.3 cm³/mol. The Morgan fingerprint density at radius 2 is 2.21 bits per heavy atom. The molecule has 9 heteroatoms. The van der Waals surface area contributed by atoms with E-state index < -0.39 is 10.8 Å². The quantitative estimate of drug-likeness (QED) is 0.652. The average molecular weight is 331 g/mol. The second-order valence-corrected chi connectivity index (χ2v) is 5.52. The van der Waals surface area contributed by atoms with E-state index in [0.717, 1.165) is 25.0 Å². The molecule has 3 rings (SSSR count). The Bertz CT molecular complexity index is 743. The lowest BCUT2D eigenvalue weighted by atomic mass is 10.2. The van der Waals surface area contributed by atoms with Gasteiger partial charge in [0.25, 0.3) is 5.91 Å². The second kappa shape index (κ2) is 6.67. The van der Waals surface area contributed by atoms with Crippen LogP contribution in [0.15, 0.2) is 30.5 Å². The molecule has 126 valence electrons. The first-order valence-electron chi connectivity index (χ1n) is 7.50. The van der Waals surface area contributed by atoms with Gasteiger partial charge in [-0.2, -0.15) is 5.10 Å². The van der Waals surface area contributed by atoms with Crippen molar-refractivity contribution >= 4 is 23.0 Å². The summed E-state index contributed by atoms with van der Waals surface area (Å²) in [5.41, 5.74) is 1.06. The largest absolute Gasteiger partial charge is 0.375 e. The minimum Gasteiger partial charge on any atom is -0.375 e. The number of carbonyl (C=O) groups is 1. The number of amides is 1. The summed E-state index contributed by atoms with van der Waals surface area (Å²) in [7, 11) is 0. The van der Waals surface area contributed by atoms with E-state index in [9.17, 15) is 14.9 Å². The summed E-state index contributed by atoms with van der Waals surface area (Å²) in [6, 6.07) is 7.31. The average Bonchev–Trinajstić information content (AvgIpc) is 3.05. The molecular formula is C15H17N5O4. The zero-order chi connectivity index (χ0) is 17.1. The van der Waals surface area contributed by atoms with Crippen LogP contribution in [0.2, 0.25) is 0 Å². The molecule has 1 unspecified atom stereocenters. The minimum atomic E-state index is -0.652. The number of carbonyl (C=O) groups excluding carboxylic acids is 1. The van der Waals surface area contributed by atoms with Gasteiger partial charge in [0.2, 0.25) is 5.69 Å². The first-order chi connectivity index (χ1) is 11.5. The van der Waals surface area contributed by atoms with Gasteiger partial charge in [0.15, 0.2) is 0 Å². The number of nitro groups is 1. The number of nitrogens with one attached hydrogen (secondary N) is 2. The molecule has 0 radical (unpaired) electrons. The van der Waals surface area contributed by atoms with Gasteiger partial charge in [-0.1, -0.05) is 0 Å². The lowest BCUT2D eigenvalue weighted by Crippen LogP contribution is -2.41. The summed E-state index contributed by atoms with van der Waals surface area (Å²) in [5, 5.41) is 19.3. The number of aromatic nitrogens is 2. The molecule has 9 nitrogen and oxygen atoms in total. The van der Waals surface area contributed by atoms with Crippen LogP contribution in [0.1, 0.15) is 17.4 Å². The maximum absolute atomic E-state index is 12.1. The first kappa shape index (κ1) is 15.9. The lowest BCUT2D eigenvalue weighted by Gasteiger charge is -2.33. The van der Waals surface area contributed by atoms with Gasteiger partial charge in [0, 0.05) is 24.5 Å². The van der Waals surface area contributed by atoms with E-state index in [0.29, 0.717) is 12.3 Å². The van der Waals surface area contributed by atoms with Crippen LogP contribution in [0.25, 0.3) is 0 Å². The Hall–Kier alpha value is -2.94. The third-order valence-corrected chi connectivity index (χ3v) is 3.77. The summed E-state index contributed by atoms with van der Waals surface area (Å²) in [6.45, 7) is 4.34. The van der Waals surface area contributed by atoms with Crippen molar-refractivity contribution in [1.29, 1.82) is 0 Å². The van der Waals surface area contributed by atoms with E-state index in [1.54, 1.807) is 12.1 Å². The fourth-order valence-corrected chi connectivity index (χ4v) is 2.59. The highest BCUT2D eigenvalue weighted by Crippen LogP contribution is 2.22. The normalized spacial score (nSPS) is 17.5. The van der Waals surface area contributed by atoms with Crippen molar-refractivity contribution in [2.24, 2.45) is 0 Å². The van der Waals surface area contributed by atoms with Crippen LogP contribution < -0.4 is 10.2 Å². The molecule has 2 aromatic rings. The SMILES string of the molecule is CC1CN(c2ccc(NC(=O)c3[nH]ncc3[N+](=O)[O-])cc2)CCO1. The highest BCUT2D eigenvalue weighted by Gasteiger charge is 2.23. The third kappa shape index (κ3) is 3.35. The van der Waals surface area contributed by atoms with Crippen LogP contribution >= 0.6 is 0 Å². The number of rotatable bonds is 4. The standard InChI is InChI=1S/C15H17N5O4/c1-10-9-19(6-7-24-10)12-4-2-11(3-5-12)17-15(21)14-13(20(22)23)8-16-18-14/h2-5,8,10H,6-7,9H2,1H3,(H,16,18)(H,17,21). The molecule has 1 aliphatic heterocycles. The molecule has 1 aliphatic rings. The number of ether oxygens (including phenoxy) is 1. The predicted octanol–water partition coefficient (Wildman–Crippen LogP) is 1.80. The molecular weight excluding hydrogens is 314 g/mol. The summed E-state index contributed by atoms with van der Waals surface area (Å²) in [6.07, 6.45) is 1.19. The molecule has 0 saturated carbocycles. The zero-order valence-electron chi connectivity index (χ0n) is 13.1. The van der Waals surface area contributed by atoms with Gasteiger partial charge in [0.1, 0.15) is 6.20 Å². The Balaban J connectivity index is 1.69. The van der Waals surface area contributed by atoms with Crippen molar-refractivity contribution in [1.82, 2.24) is 10.2 Å². The van der Waals surface area contributed by atoms with Gasteiger partial charge in [-0.25, -0.2) is 0 Å². The lowest BCUT2D eigenvalue weighted by molar-refractivity contribution is -0.385. The summed E-state index contributed by atoms with van der Waals surface area (Å²) < 4.78 is 5.51. The van der Waals surface area contributed by atoms with Crippen molar-refractivity contribution in [2.75, 3.05) is 29.9 Å². The van der Waals surface area contributed by atoms with E-state index >= 15 is 0 Å². The zero-order valence-corrected chi connectivity index (χ0v) is 13.1. The molecule has 0 aliphatic carbocycles. The molecule has 24 heavy (non-hydrogen) atoms. The number of morpholine rings is 1. The van der Waals surface area contributed by atoms with Crippen LogP contribution in [0.5, 0.6) is 0 Å². The fourth-order valence-electron chi connectivity index (χ4n) is 2.59. The van der Waals surface area contributed by atoms with Crippen LogP contribution in [0.3, 0.4) is 0 Å². The summed E-state index contributed by atoms with van der Waals surface area (Å²) in [5.74, 6) is -0.605. The first-order valence-corrected chi connectivity index (χ1v) is 7.50. The fraction of sp³-hybridized carbons (Fsp3) is 0.333. The molecule has 1 saturated heterocycles. The van der Waals surface area contributed by atoms with Crippen LogP contribution in [-0.4, -0.2) is 46.8 Å². The highest BCUT2D eigenvalue weighted by molar-refractivity contribution is 6.05. The molecule has 2 heterocycles. The number of benzene rings is 1. The van der Waals surface area contributed by atoms with Gasteiger partial charge in [-0.15, -0.1) is 0 Å². The van der Waals surface area contributed by atoms with E-state index in [4.69, 9.17) is 4.74 Å². The molecule has 1 aromatic heterocycles. The monoisotopic (exact) mass is 331 g/mol. The number of anilines is 2. The summed E-state index contributed by atoms with van der Waals surface area (Å²) >= 11 is 0. The molecule has 1 atom stereocenters. The van der Waals surface area contributed by atoms with Crippen LogP contribution in [0, 0.1) is 10.1 Å².